The largest absolute Gasteiger partial charge is 0.370 e. The summed E-state index contributed by atoms with van der Waals surface area (Å²) < 4.78 is 29.7. The lowest BCUT2D eigenvalue weighted by Gasteiger charge is -2.37. The Morgan fingerprint density at radius 1 is 1.50 bits per heavy atom. The normalized spacial score (nSPS) is 21.8. The van der Waals surface area contributed by atoms with Crippen LogP contribution < -0.4 is 10.5 Å². The van der Waals surface area contributed by atoms with Crippen molar-refractivity contribution in [2.24, 2.45) is 5.73 Å². The second kappa shape index (κ2) is 7.92. The maximum Gasteiger partial charge on any atom is 0.253 e. The van der Waals surface area contributed by atoms with Crippen molar-refractivity contribution in [2.45, 2.75) is 37.8 Å². The molecule has 0 aromatic carbocycles. The molecule has 118 valence electrons. The van der Waals surface area contributed by atoms with Gasteiger partial charge in [0, 0.05) is 32.8 Å². The number of nitrogens with one attached hydrogen (secondary N) is 1. The minimum Gasteiger partial charge on any atom is -0.370 e. The Morgan fingerprint density at radius 2 is 2.20 bits per heavy atom. The number of likely N-dealkylation sites (tertiary alicyclic amines) is 1. The van der Waals surface area contributed by atoms with E-state index in [1.165, 1.54) is 7.11 Å². The highest BCUT2D eigenvalue weighted by Crippen LogP contribution is 2.20. The van der Waals surface area contributed by atoms with Gasteiger partial charge in [-0.2, -0.15) is 0 Å². The van der Waals surface area contributed by atoms with Gasteiger partial charge in [-0.05, 0) is 25.7 Å². The Bertz CT molecular complexity index is 409. The Hall–Kier alpha value is -0.700. The number of piperidine rings is 1. The predicted molar refractivity (Wildman–Crippen MR) is 76.7 cm³/mol. The average Bonchev–Trinajstić information content (AvgIpc) is 2.39. The number of carbonyl (C=O) groups excluding carboxylic acids is 1. The van der Waals surface area contributed by atoms with E-state index < -0.39 is 16.1 Å². The molecule has 1 amide bonds. The minimum absolute atomic E-state index is 0.0506. The quantitative estimate of drug-likeness (QED) is 0.646. The van der Waals surface area contributed by atoms with Gasteiger partial charge in [-0.15, -0.1) is 0 Å². The zero-order valence-electron chi connectivity index (χ0n) is 12.2. The number of hydrogen-bond donors (Lipinski definition) is 2. The van der Waals surface area contributed by atoms with Crippen molar-refractivity contribution in [2.75, 3.05) is 33.0 Å². The molecule has 0 radical (unpaired) electrons. The van der Waals surface area contributed by atoms with Gasteiger partial charge >= 0.3 is 0 Å². The molecule has 7 nitrogen and oxygen atoms in total. The lowest BCUT2D eigenvalue weighted by Crippen LogP contribution is -2.51. The fourth-order valence-electron chi connectivity index (χ4n) is 2.48. The van der Waals surface area contributed by atoms with Crippen molar-refractivity contribution in [3.63, 3.8) is 0 Å². The second-order valence-electron chi connectivity index (χ2n) is 5.10. The number of methoxy groups -OCH3 is 1. The molecule has 20 heavy (non-hydrogen) atoms. The highest BCUT2D eigenvalue weighted by atomic mass is 32.2. The fraction of sp³-hybridized carbons (Fsp3) is 0.917. The molecule has 1 aliphatic rings. The summed E-state index contributed by atoms with van der Waals surface area (Å²) in [5, 5.41) is 0. The Balaban J connectivity index is 2.59. The molecule has 1 heterocycles. The molecule has 0 spiro atoms. The summed E-state index contributed by atoms with van der Waals surface area (Å²) in [6, 6.07) is 0.0506. The van der Waals surface area contributed by atoms with Crippen molar-refractivity contribution in [1.29, 1.82) is 0 Å². The lowest BCUT2D eigenvalue weighted by molar-refractivity contribution is -0.145. The molecule has 1 fully saturated rings. The first kappa shape index (κ1) is 17.4. The second-order valence-corrected chi connectivity index (χ2v) is 6.93. The molecule has 0 aromatic heterocycles. The van der Waals surface area contributed by atoms with E-state index >= 15 is 0 Å². The summed E-state index contributed by atoms with van der Waals surface area (Å²) in [5.74, 6) is -0.0981. The summed E-state index contributed by atoms with van der Waals surface area (Å²) in [4.78, 5) is 14.1. The van der Waals surface area contributed by atoms with Gasteiger partial charge in [0.2, 0.25) is 10.0 Å². The van der Waals surface area contributed by atoms with Crippen LogP contribution in [0.2, 0.25) is 0 Å². The lowest BCUT2D eigenvalue weighted by atomic mass is 9.98. The number of ether oxygens (including phenoxy) is 1. The maximum atomic E-state index is 12.3. The molecule has 1 saturated heterocycles. The van der Waals surface area contributed by atoms with Gasteiger partial charge in [-0.3, -0.25) is 4.79 Å². The Kier molecular flexibility index (Phi) is 6.87. The molecular weight excluding hydrogens is 282 g/mol. The van der Waals surface area contributed by atoms with Crippen molar-refractivity contribution in [1.82, 2.24) is 9.62 Å². The van der Waals surface area contributed by atoms with Gasteiger partial charge in [-0.25, -0.2) is 13.1 Å². The molecule has 0 saturated carbocycles. The maximum absolute atomic E-state index is 12.3. The standard InChI is InChI=1S/C12H25N3O4S/c1-19-11(9-13)12(16)15-8-4-3-5-10(15)6-7-14-20(2,17)18/h10-11,14H,3-9,13H2,1-2H3. The van der Waals surface area contributed by atoms with Crippen LogP contribution in [-0.4, -0.2) is 64.4 Å². The third kappa shape index (κ3) is 5.35. The molecule has 8 heteroatoms. The molecule has 3 N–H and O–H groups in total. The number of carbonyl (C=O) groups is 1. The van der Waals surface area contributed by atoms with E-state index in [9.17, 15) is 13.2 Å². The molecule has 1 aliphatic heterocycles. The van der Waals surface area contributed by atoms with Crippen molar-refractivity contribution < 1.29 is 17.9 Å². The van der Waals surface area contributed by atoms with Gasteiger partial charge in [0.15, 0.2) is 0 Å². The molecule has 0 bridgehead atoms. The van der Waals surface area contributed by atoms with Gasteiger partial charge in [0.1, 0.15) is 6.10 Å². The SMILES string of the molecule is COC(CN)C(=O)N1CCCCC1CCNS(C)(=O)=O. The zero-order chi connectivity index (χ0) is 15.2. The van der Waals surface area contributed by atoms with E-state index in [4.69, 9.17) is 10.5 Å². The van der Waals surface area contributed by atoms with Crippen LogP contribution >= 0.6 is 0 Å². The molecule has 0 aliphatic carbocycles. The topological polar surface area (TPSA) is 102 Å². The number of amides is 1. The Labute approximate surface area is 120 Å². The van der Waals surface area contributed by atoms with Crippen LogP contribution in [0.15, 0.2) is 0 Å². The van der Waals surface area contributed by atoms with Crippen molar-refractivity contribution >= 4 is 15.9 Å². The number of hydrogen-bond acceptors (Lipinski definition) is 5. The van der Waals surface area contributed by atoms with Gasteiger partial charge in [0.05, 0.1) is 6.26 Å². The first-order valence-corrected chi connectivity index (χ1v) is 8.76. The first-order valence-electron chi connectivity index (χ1n) is 6.87. The number of nitrogens with zero attached hydrogens (tertiary/aromatic N) is 1. The smallest absolute Gasteiger partial charge is 0.253 e. The van der Waals surface area contributed by atoms with Gasteiger partial charge < -0.3 is 15.4 Å². The van der Waals surface area contributed by atoms with Crippen molar-refractivity contribution in [3.8, 4) is 0 Å². The van der Waals surface area contributed by atoms with Crippen LogP contribution in [0.25, 0.3) is 0 Å². The summed E-state index contributed by atoms with van der Waals surface area (Å²) in [7, 11) is -1.71. The van der Waals surface area contributed by atoms with Gasteiger partial charge in [0.25, 0.3) is 5.91 Å². The van der Waals surface area contributed by atoms with E-state index in [2.05, 4.69) is 4.72 Å². The summed E-state index contributed by atoms with van der Waals surface area (Å²) in [5.41, 5.74) is 5.53. The predicted octanol–water partition coefficient (Wildman–Crippen LogP) is -0.719. The fourth-order valence-corrected chi connectivity index (χ4v) is 2.97. The molecule has 0 aromatic rings. The number of rotatable bonds is 7. The molecular formula is C12H25N3O4S. The summed E-state index contributed by atoms with van der Waals surface area (Å²) >= 11 is 0. The monoisotopic (exact) mass is 307 g/mol. The van der Waals surface area contributed by atoms with Crippen LogP contribution in [-0.2, 0) is 19.6 Å². The van der Waals surface area contributed by atoms with E-state index in [-0.39, 0.29) is 18.5 Å². The highest BCUT2D eigenvalue weighted by molar-refractivity contribution is 7.88. The number of nitrogens with two attached hydrogens (primary N) is 1. The van der Waals surface area contributed by atoms with Crippen LogP contribution in [0.5, 0.6) is 0 Å². The summed E-state index contributed by atoms with van der Waals surface area (Å²) in [6.07, 6.45) is 4.03. The third-order valence-corrected chi connectivity index (χ3v) is 4.25. The molecule has 2 unspecified atom stereocenters. The highest BCUT2D eigenvalue weighted by Gasteiger charge is 2.30. The van der Waals surface area contributed by atoms with E-state index in [1.54, 1.807) is 4.90 Å². The Morgan fingerprint density at radius 3 is 2.75 bits per heavy atom. The zero-order valence-corrected chi connectivity index (χ0v) is 13.0. The average molecular weight is 307 g/mol. The van der Waals surface area contributed by atoms with Crippen molar-refractivity contribution in [3.05, 3.63) is 0 Å². The van der Waals surface area contributed by atoms with E-state index in [0.717, 1.165) is 25.5 Å². The van der Waals surface area contributed by atoms with Crippen LogP contribution in [0.4, 0.5) is 0 Å². The van der Waals surface area contributed by atoms with Crippen LogP contribution in [0, 0.1) is 0 Å². The third-order valence-electron chi connectivity index (χ3n) is 3.53. The van der Waals surface area contributed by atoms with Crippen LogP contribution in [0.1, 0.15) is 25.7 Å². The minimum atomic E-state index is -3.19. The first-order chi connectivity index (χ1) is 9.39. The number of sulfonamides is 1. The van der Waals surface area contributed by atoms with Gasteiger partial charge in [-0.1, -0.05) is 0 Å². The van der Waals surface area contributed by atoms with E-state index in [0.29, 0.717) is 19.5 Å². The molecule has 2 atom stereocenters. The van der Waals surface area contributed by atoms with E-state index in [1.807, 2.05) is 0 Å². The van der Waals surface area contributed by atoms with Crippen LogP contribution in [0.3, 0.4) is 0 Å². The summed E-state index contributed by atoms with van der Waals surface area (Å²) in [6.45, 7) is 1.18. The molecule has 1 rings (SSSR count).